The van der Waals surface area contributed by atoms with E-state index < -0.39 is 10.0 Å². The molecule has 5 nitrogen and oxygen atoms in total. The first-order valence-corrected chi connectivity index (χ1v) is 9.13. The maximum absolute atomic E-state index is 12.2. The summed E-state index contributed by atoms with van der Waals surface area (Å²) >= 11 is 0. The molecule has 118 valence electrons. The lowest BCUT2D eigenvalue weighted by molar-refractivity contribution is 0.384. The Morgan fingerprint density at radius 3 is 2.48 bits per heavy atom. The summed E-state index contributed by atoms with van der Waals surface area (Å²) in [7, 11) is -3.12. The predicted molar refractivity (Wildman–Crippen MR) is 87.0 cm³/mol. The van der Waals surface area contributed by atoms with Gasteiger partial charge < -0.3 is 10.6 Å². The van der Waals surface area contributed by atoms with Crippen LogP contribution < -0.4 is 10.6 Å². The Labute approximate surface area is 127 Å². The topological polar surface area (TPSA) is 66.6 Å². The minimum Gasteiger partial charge on any atom is -0.369 e. The van der Waals surface area contributed by atoms with Gasteiger partial charge in [-0.3, -0.25) is 0 Å². The zero-order chi connectivity index (χ0) is 15.3. The molecule has 0 spiro atoms. The molecule has 0 unspecified atom stereocenters. The van der Waals surface area contributed by atoms with E-state index >= 15 is 0 Å². The fraction of sp³-hybridized carbons (Fsp3) is 0.600. The third-order valence-electron chi connectivity index (χ3n) is 3.86. The van der Waals surface area contributed by atoms with Crippen LogP contribution in [0, 0.1) is 6.92 Å². The lowest BCUT2D eigenvalue weighted by atomic mass is 10.2. The van der Waals surface area contributed by atoms with Crippen LogP contribution >= 0.6 is 0 Å². The Balaban J connectivity index is 1.91. The van der Waals surface area contributed by atoms with E-state index in [4.69, 9.17) is 5.73 Å². The molecule has 0 bridgehead atoms. The fourth-order valence-corrected chi connectivity index (χ4v) is 4.15. The van der Waals surface area contributed by atoms with Gasteiger partial charge in [-0.25, -0.2) is 8.42 Å². The number of aryl methyl sites for hydroxylation is 1. The molecule has 21 heavy (non-hydrogen) atoms. The molecule has 0 aliphatic carbocycles. The predicted octanol–water partition coefficient (Wildman–Crippen LogP) is 1.19. The first-order chi connectivity index (χ1) is 10.0. The van der Waals surface area contributed by atoms with Crippen LogP contribution in [-0.2, 0) is 10.0 Å². The summed E-state index contributed by atoms with van der Waals surface area (Å²) in [5.41, 5.74) is 7.82. The fourth-order valence-electron chi connectivity index (χ4n) is 2.61. The minimum absolute atomic E-state index is 0.217. The largest absolute Gasteiger partial charge is 0.369 e. The molecule has 0 radical (unpaired) electrons. The molecule has 1 heterocycles. The first-order valence-electron chi connectivity index (χ1n) is 7.52. The second-order valence-corrected chi connectivity index (χ2v) is 7.63. The molecule has 0 saturated carbocycles. The SMILES string of the molecule is Cc1cccc(N2CCN(S(=O)(=O)CCCCN)CC2)c1. The van der Waals surface area contributed by atoms with Crippen molar-refractivity contribution >= 4 is 15.7 Å². The van der Waals surface area contributed by atoms with Gasteiger partial charge >= 0.3 is 0 Å². The van der Waals surface area contributed by atoms with Crippen LogP contribution in [0.3, 0.4) is 0 Å². The minimum atomic E-state index is -3.12. The Kier molecular flexibility index (Phi) is 5.61. The number of rotatable bonds is 6. The summed E-state index contributed by atoms with van der Waals surface area (Å²) in [6.45, 7) is 5.26. The highest BCUT2D eigenvalue weighted by Crippen LogP contribution is 2.19. The van der Waals surface area contributed by atoms with Crippen molar-refractivity contribution in [2.24, 2.45) is 5.73 Å². The Morgan fingerprint density at radius 2 is 1.86 bits per heavy atom. The second kappa shape index (κ2) is 7.24. The van der Waals surface area contributed by atoms with Crippen LogP contribution in [0.25, 0.3) is 0 Å². The van der Waals surface area contributed by atoms with Crippen molar-refractivity contribution in [3.63, 3.8) is 0 Å². The van der Waals surface area contributed by atoms with Gasteiger partial charge in [-0.2, -0.15) is 4.31 Å². The quantitative estimate of drug-likeness (QED) is 0.801. The van der Waals surface area contributed by atoms with Gasteiger partial charge in [0.05, 0.1) is 5.75 Å². The molecule has 1 aromatic rings. The van der Waals surface area contributed by atoms with E-state index in [1.807, 2.05) is 6.07 Å². The van der Waals surface area contributed by atoms with E-state index in [1.54, 1.807) is 4.31 Å². The van der Waals surface area contributed by atoms with E-state index in [1.165, 1.54) is 11.3 Å². The molecule has 1 saturated heterocycles. The molecular weight excluding hydrogens is 286 g/mol. The van der Waals surface area contributed by atoms with Crippen molar-refractivity contribution in [1.29, 1.82) is 0 Å². The number of nitrogens with two attached hydrogens (primary N) is 1. The second-order valence-electron chi connectivity index (χ2n) is 5.54. The summed E-state index contributed by atoms with van der Waals surface area (Å²) < 4.78 is 26.1. The van der Waals surface area contributed by atoms with Crippen molar-refractivity contribution < 1.29 is 8.42 Å². The average Bonchev–Trinajstić information content (AvgIpc) is 2.47. The number of benzene rings is 1. The van der Waals surface area contributed by atoms with E-state index in [0.29, 0.717) is 26.1 Å². The molecular formula is C15H25N3O2S. The van der Waals surface area contributed by atoms with Crippen LogP contribution in [0.4, 0.5) is 5.69 Å². The lowest BCUT2D eigenvalue weighted by Crippen LogP contribution is -2.49. The number of nitrogens with zero attached hydrogens (tertiary/aromatic N) is 2. The van der Waals surface area contributed by atoms with Crippen molar-refractivity contribution in [3.8, 4) is 0 Å². The standard InChI is InChI=1S/C15H25N3O2S/c1-14-5-4-6-15(13-14)17-8-10-18(11-9-17)21(19,20)12-3-2-7-16/h4-6,13H,2-3,7-12,16H2,1H3. The van der Waals surface area contributed by atoms with Gasteiger partial charge in [0.15, 0.2) is 0 Å². The van der Waals surface area contributed by atoms with E-state index in [2.05, 4.69) is 30.0 Å². The van der Waals surface area contributed by atoms with Gasteiger partial charge in [0.2, 0.25) is 10.0 Å². The molecule has 0 amide bonds. The number of sulfonamides is 1. The summed E-state index contributed by atoms with van der Waals surface area (Å²) in [5, 5.41) is 0. The maximum atomic E-state index is 12.2. The van der Waals surface area contributed by atoms with E-state index in [0.717, 1.165) is 19.5 Å². The van der Waals surface area contributed by atoms with Crippen molar-refractivity contribution in [2.45, 2.75) is 19.8 Å². The highest BCUT2D eigenvalue weighted by molar-refractivity contribution is 7.89. The van der Waals surface area contributed by atoms with Crippen LogP contribution in [0.5, 0.6) is 0 Å². The van der Waals surface area contributed by atoms with Crippen LogP contribution in [-0.4, -0.2) is 51.2 Å². The third kappa shape index (κ3) is 4.43. The monoisotopic (exact) mass is 311 g/mol. The molecule has 1 aliphatic rings. The van der Waals surface area contributed by atoms with Gasteiger partial charge in [-0.1, -0.05) is 12.1 Å². The first kappa shape index (κ1) is 16.3. The molecule has 2 N–H and O–H groups in total. The number of piperazine rings is 1. The molecule has 6 heteroatoms. The average molecular weight is 311 g/mol. The maximum Gasteiger partial charge on any atom is 0.214 e. The number of unbranched alkanes of at least 4 members (excludes halogenated alkanes) is 1. The molecule has 1 aliphatic heterocycles. The van der Waals surface area contributed by atoms with Crippen molar-refractivity contribution in [1.82, 2.24) is 4.31 Å². The van der Waals surface area contributed by atoms with Gasteiger partial charge in [-0.15, -0.1) is 0 Å². The van der Waals surface area contributed by atoms with Gasteiger partial charge in [0.25, 0.3) is 0 Å². The Bertz CT molecular complexity index is 552. The summed E-state index contributed by atoms with van der Waals surface area (Å²) in [5.74, 6) is 0.217. The smallest absolute Gasteiger partial charge is 0.214 e. The summed E-state index contributed by atoms with van der Waals surface area (Å²) in [6, 6.07) is 8.34. The Morgan fingerprint density at radius 1 is 1.14 bits per heavy atom. The normalized spacial score (nSPS) is 17.1. The van der Waals surface area contributed by atoms with Crippen LogP contribution in [0.1, 0.15) is 18.4 Å². The van der Waals surface area contributed by atoms with Crippen molar-refractivity contribution in [3.05, 3.63) is 29.8 Å². The zero-order valence-corrected chi connectivity index (χ0v) is 13.5. The zero-order valence-electron chi connectivity index (χ0n) is 12.7. The Hall–Kier alpha value is -1.11. The highest BCUT2D eigenvalue weighted by Gasteiger charge is 2.26. The molecule has 0 aromatic heterocycles. The lowest BCUT2D eigenvalue weighted by Gasteiger charge is -2.35. The van der Waals surface area contributed by atoms with Crippen LogP contribution in [0.2, 0.25) is 0 Å². The van der Waals surface area contributed by atoms with Gasteiger partial charge in [0, 0.05) is 31.9 Å². The number of hydrogen-bond donors (Lipinski definition) is 1. The van der Waals surface area contributed by atoms with Crippen LogP contribution in [0.15, 0.2) is 24.3 Å². The van der Waals surface area contributed by atoms with Crippen molar-refractivity contribution in [2.75, 3.05) is 43.4 Å². The van der Waals surface area contributed by atoms with E-state index in [9.17, 15) is 8.42 Å². The molecule has 1 aromatic carbocycles. The van der Waals surface area contributed by atoms with Gasteiger partial charge in [0.1, 0.15) is 0 Å². The van der Waals surface area contributed by atoms with E-state index in [-0.39, 0.29) is 5.75 Å². The molecule has 1 fully saturated rings. The number of anilines is 1. The summed E-state index contributed by atoms with van der Waals surface area (Å²) in [6.07, 6.45) is 1.42. The van der Waals surface area contributed by atoms with Gasteiger partial charge in [-0.05, 0) is 44.0 Å². The molecule has 0 atom stereocenters. The summed E-state index contributed by atoms with van der Waals surface area (Å²) in [4.78, 5) is 2.25. The number of hydrogen-bond acceptors (Lipinski definition) is 4. The highest BCUT2D eigenvalue weighted by atomic mass is 32.2. The molecule has 2 rings (SSSR count). The third-order valence-corrected chi connectivity index (χ3v) is 5.81.